The number of aromatic carboxylic acids is 1. The van der Waals surface area contributed by atoms with E-state index in [0.717, 1.165) is 11.3 Å². The fourth-order valence-electron chi connectivity index (χ4n) is 2.30. The Balaban J connectivity index is 2.45. The predicted octanol–water partition coefficient (Wildman–Crippen LogP) is 4.69. The monoisotopic (exact) mass is 283 g/mol. The highest BCUT2D eigenvalue weighted by Crippen LogP contribution is 2.25. The van der Waals surface area contributed by atoms with Gasteiger partial charge in [0.1, 0.15) is 0 Å². The third kappa shape index (κ3) is 3.30. The van der Waals surface area contributed by atoms with E-state index in [2.05, 4.69) is 31.0 Å². The highest BCUT2D eigenvalue weighted by molar-refractivity contribution is 5.89. The standard InChI is InChI=1S/C18H21NO2/c1-11(2)13-5-7-14(8-6-13)16-10-9-15(18(20)21)17(19-16)12(3)4/h5-12H,1-4H3,(H,20,21). The van der Waals surface area contributed by atoms with Crippen LogP contribution in [0.15, 0.2) is 36.4 Å². The molecule has 0 radical (unpaired) electrons. The summed E-state index contributed by atoms with van der Waals surface area (Å²) in [7, 11) is 0. The average molecular weight is 283 g/mol. The van der Waals surface area contributed by atoms with Gasteiger partial charge in [-0.3, -0.25) is 4.98 Å². The smallest absolute Gasteiger partial charge is 0.337 e. The molecule has 0 fully saturated rings. The van der Waals surface area contributed by atoms with Crippen molar-refractivity contribution in [2.45, 2.75) is 39.5 Å². The number of nitrogens with zero attached hydrogens (tertiary/aromatic N) is 1. The Bertz CT molecular complexity index is 643. The minimum Gasteiger partial charge on any atom is -0.478 e. The van der Waals surface area contributed by atoms with Gasteiger partial charge in [-0.2, -0.15) is 0 Å². The molecule has 1 aromatic heterocycles. The van der Waals surface area contributed by atoms with Gasteiger partial charge in [0.2, 0.25) is 0 Å². The summed E-state index contributed by atoms with van der Waals surface area (Å²) in [6.07, 6.45) is 0. The number of carboxylic acid groups (broad SMARTS) is 1. The molecule has 0 atom stereocenters. The maximum Gasteiger partial charge on any atom is 0.337 e. The Hall–Kier alpha value is -2.16. The van der Waals surface area contributed by atoms with E-state index in [1.807, 2.05) is 26.0 Å². The zero-order chi connectivity index (χ0) is 15.6. The summed E-state index contributed by atoms with van der Waals surface area (Å²) in [4.78, 5) is 15.8. The number of rotatable bonds is 4. The van der Waals surface area contributed by atoms with Gasteiger partial charge in [0.05, 0.1) is 17.0 Å². The molecule has 0 saturated carbocycles. The van der Waals surface area contributed by atoms with Crippen LogP contribution in [0.25, 0.3) is 11.3 Å². The lowest BCUT2D eigenvalue weighted by molar-refractivity contribution is 0.0694. The topological polar surface area (TPSA) is 50.2 Å². The van der Waals surface area contributed by atoms with Gasteiger partial charge in [0.25, 0.3) is 0 Å². The van der Waals surface area contributed by atoms with Gasteiger partial charge in [-0.05, 0) is 29.5 Å². The van der Waals surface area contributed by atoms with E-state index in [-0.39, 0.29) is 11.5 Å². The van der Waals surface area contributed by atoms with E-state index in [1.54, 1.807) is 12.1 Å². The molecule has 110 valence electrons. The second-order valence-corrected chi connectivity index (χ2v) is 5.87. The number of hydrogen-bond donors (Lipinski definition) is 1. The number of aromatic nitrogens is 1. The second-order valence-electron chi connectivity index (χ2n) is 5.87. The van der Waals surface area contributed by atoms with Gasteiger partial charge in [-0.25, -0.2) is 4.79 Å². The Labute approximate surface area is 125 Å². The summed E-state index contributed by atoms with van der Waals surface area (Å²) in [5, 5.41) is 9.23. The second kappa shape index (κ2) is 6.08. The highest BCUT2D eigenvalue weighted by Gasteiger charge is 2.15. The third-order valence-corrected chi connectivity index (χ3v) is 3.58. The molecule has 2 rings (SSSR count). The van der Waals surface area contributed by atoms with E-state index >= 15 is 0 Å². The van der Waals surface area contributed by atoms with Crippen LogP contribution in [0.1, 0.15) is 61.1 Å². The van der Waals surface area contributed by atoms with Crippen LogP contribution in [0.3, 0.4) is 0 Å². The van der Waals surface area contributed by atoms with Crippen molar-refractivity contribution in [2.24, 2.45) is 0 Å². The van der Waals surface area contributed by atoms with Crippen LogP contribution in [0.2, 0.25) is 0 Å². The van der Waals surface area contributed by atoms with Gasteiger partial charge in [0, 0.05) is 5.56 Å². The maximum absolute atomic E-state index is 11.3. The van der Waals surface area contributed by atoms with Crippen LogP contribution in [0.4, 0.5) is 0 Å². The highest BCUT2D eigenvalue weighted by atomic mass is 16.4. The first-order valence-electron chi connectivity index (χ1n) is 7.24. The van der Waals surface area contributed by atoms with Gasteiger partial charge in [-0.1, -0.05) is 52.0 Å². The zero-order valence-electron chi connectivity index (χ0n) is 12.9. The SMILES string of the molecule is CC(C)c1ccc(-c2ccc(C(=O)O)c(C(C)C)n2)cc1. The Morgan fingerprint density at radius 2 is 1.57 bits per heavy atom. The number of pyridine rings is 1. The average Bonchev–Trinajstić information content (AvgIpc) is 2.46. The molecule has 0 aliphatic rings. The van der Waals surface area contributed by atoms with Crippen LogP contribution in [0.5, 0.6) is 0 Å². The molecule has 0 aliphatic carbocycles. The molecule has 3 heteroatoms. The molecule has 1 heterocycles. The Morgan fingerprint density at radius 1 is 0.952 bits per heavy atom. The molecular weight excluding hydrogens is 262 g/mol. The molecule has 1 aromatic carbocycles. The number of hydrogen-bond acceptors (Lipinski definition) is 2. The summed E-state index contributed by atoms with van der Waals surface area (Å²) in [5.74, 6) is -0.355. The summed E-state index contributed by atoms with van der Waals surface area (Å²) in [6.45, 7) is 8.23. The van der Waals surface area contributed by atoms with Crippen molar-refractivity contribution in [3.63, 3.8) is 0 Å². The maximum atomic E-state index is 11.3. The van der Waals surface area contributed by atoms with E-state index in [0.29, 0.717) is 11.6 Å². The quantitative estimate of drug-likeness (QED) is 0.885. The first-order chi connectivity index (χ1) is 9.90. The Morgan fingerprint density at radius 3 is 2.05 bits per heavy atom. The number of carboxylic acids is 1. The molecule has 0 amide bonds. The van der Waals surface area contributed by atoms with Crippen molar-refractivity contribution in [3.8, 4) is 11.3 Å². The summed E-state index contributed by atoms with van der Waals surface area (Å²) >= 11 is 0. The van der Waals surface area contributed by atoms with E-state index in [9.17, 15) is 9.90 Å². The van der Waals surface area contributed by atoms with E-state index < -0.39 is 5.97 Å². The van der Waals surface area contributed by atoms with Crippen LogP contribution in [-0.2, 0) is 0 Å². The van der Waals surface area contributed by atoms with Crippen molar-refractivity contribution in [2.75, 3.05) is 0 Å². The van der Waals surface area contributed by atoms with Gasteiger partial charge < -0.3 is 5.11 Å². The van der Waals surface area contributed by atoms with Crippen LogP contribution < -0.4 is 0 Å². The van der Waals surface area contributed by atoms with Crippen molar-refractivity contribution in [1.29, 1.82) is 0 Å². The number of carbonyl (C=O) groups is 1. The van der Waals surface area contributed by atoms with Crippen molar-refractivity contribution < 1.29 is 9.90 Å². The largest absolute Gasteiger partial charge is 0.478 e. The van der Waals surface area contributed by atoms with Crippen molar-refractivity contribution >= 4 is 5.97 Å². The lowest BCUT2D eigenvalue weighted by Gasteiger charge is -2.12. The molecule has 3 nitrogen and oxygen atoms in total. The fourth-order valence-corrected chi connectivity index (χ4v) is 2.30. The molecule has 0 unspecified atom stereocenters. The summed E-state index contributed by atoms with van der Waals surface area (Å²) in [5.41, 5.74) is 4.03. The van der Waals surface area contributed by atoms with Crippen LogP contribution >= 0.6 is 0 Å². The van der Waals surface area contributed by atoms with Crippen LogP contribution in [-0.4, -0.2) is 16.1 Å². The van der Waals surface area contributed by atoms with E-state index in [4.69, 9.17) is 0 Å². The molecule has 0 spiro atoms. The van der Waals surface area contributed by atoms with Gasteiger partial charge in [0.15, 0.2) is 0 Å². The predicted molar refractivity (Wildman–Crippen MR) is 84.8 cm³/mol. The fraction of sp³-hybridized carbons (Fsp3) is 0.333. The van der Waals surface area contributed by atoms with E-state index in [1.165, 1.54) is 5.56 Å². The minimum absolute atomic E-state index is 0.0750. The summed E-state index contributed by atoms with van der Waals surface area (Å²) in [6, 6.07) is 11.7. The van der Waals surface area contributed by atoms with Gasteiger partial charge >= 0.3 is 5.97 Å². The zero-order valence-corrected chi connectivity index (χ0v) is 12.9. The lowest BCUT2D eigenvalue weighted by Crippen LogP contribution is -2.07. The molecular formula is C18H21NO2. The first-order valence-corrected chi connectivity index (χ1v) is 7.24. The van der Waals surface area contributed by atoms with Crippen LogP contribution in [0, 0.1) is 0 Å². The normalized spacial score (nSPS) is 11.1. The molecule has 0 saturated heterocycles. The van der Waals surface area contributed by atoms with Gasteiger partial charge in [-0.15, -0.1) is 0 Å². The lowest BCUT2D eigenvalue weighted by atomic mass is 9.99. The molecule has 21 heavy (non-hydrogen) atoms. The van der Waals surface area contributed by atoms with Crippen molar-refractivity contribution in [1.82, 2.24) is 4.98 Å². The third-order valence-electron chi connectivity index (χ3n) is 3.58. The number of benzene rings is 1. The van der Waals surface area contributed by atoms with Crippen molar-refractivity contribution in [3.05, 3.63) is 53.2 Å². The molecule has 0 bridgehead atoms. The molecule has 2 aromatic rings. The summed E-state index contributed by atoms with van der Waals surface area (Å²) < 4.78 is 0. The minimum atomic E-state index is -0.923. The first kappa shape index (κ1) is 15.2. The Kier molecular flexibility index (Phi) is 4.41. The molecule has 1 N–H and O–H groups in total. The molecule has 0 aliphatic heterocycles.